The van der Waals surface area contributed by atoms with E-state index in [0.717, 1.165) is 0 Å². The number of aromatic carboxylic acids is 1. The Kier molecular flexibility index (Phi) is 3.66. The fourth-order valence-electron chi connectivity index (χ4n) is 1.72. The van der Waals surface area contributed by atoms with Crippen LogP contribution in [0.4, 0.5) is 4.39 Å². The molecule has 0 saturated carbocycles. The second-order valence-electron chi connectivity index (χ2n) is 3.97. The van der Waals surface area contributed by atoms with Crippen molar-refractivity contribution in [3.05, 3.63) is 39.6 Å². The molecule has 1 aromatic heterocycles. The van der Waals surface area contributed by atoms with Gasteiger partial charge >= 0.3 is 5.97 Å². The Morgan fingerprint density at radius 1 is 1.53 bits per heavy atom. The topological polar surface area (TPSA) is 68.0 Å². The summed E-state index contributed by atoms with van der Waals surface area (Å²) in [5.74, 6) is -1.32. The molecule has 0 fully saturated rings. The zero-order valence-electron chi connectivity index (χ0n) is 10.3. The number of carboxylic acid groups (broad SMARTS) is 1. The molecule has 100 valence electrons. The fraction of sp³-hybridized carbons (Fsp3) is 0.250. The summed E-state index contributed by atoms with van der Waals surface area (Å²) in [6.45, 7) is 3.58. The van der Waals surface area contributed by atoms with Gasteiger partial charge in [-0.2, -0.15) is 0 Å². The van der Waals surface area contributed by atoms with Gasteiger partial charge in [-0.1, -0.05) is 6.92 Å². The van der Waals surface area contributed by atoms with Gasteiger partial charge in [-0.3, -0.25) is 0 Å². The summed E-state index contributed by atoms with van der Waals surface area (Å²) in [6, 6.07) is 2.92. The van der Waals surface area contributed by atoms with Gasteiger partial charge in [0.15, 0.2) is 0 Å². The van der Waals surface area contributed by atoms with Crippen molar-refractivity contribution in [1.82, 2.24) is 14.8 Å². The maximum atomic E-state index is 13.4. The zero-order valence-corrected chi connectivity index (χ0v) is 11.9. The van der Waals surface area contributed by atoms with Crippen LogP contribution < -0.4 is 0 Å². The van der Waals surface area contributed by atoms with E-state index in [1.54, 1.807) is 13.0 Å². The van der Waals surface area contributed by atoms with Crippen molar-refractivity contribution in [3.63, 3.8) is 0 Å². The van der Waals surface area contributed by atoms with Crippen LogP contribution in [0.5, 0.6) is 0 Å². The minimum Gasteiger partial charge on any atom is -0.475 e. The summed E-state index contributed by atoms with van der Waals surface area (Å²) in [5.41, 5.74) is 1.25. The van der Waals surface area contributed by atoms with E-state index in [1.807, 2.05) is 6.92 Å². The number of aromatic nitrogens is 3. The number of carbonyl (C=O) groups is 1. The number of rotatable bonds is 3. The molecule has 0 aliphatic heterocycles. The highest BCUT2D eigenvalue weighted by Crippen LogP contribution is 2.24. The molecule has 1 heterocycles. The molecule has 0 bridgehead atoms. The van der Waals surface area contributed by atoms with Crippen molar-refractivity contribution in [1.29, 1.82) is 0 Å². The highest BCUT2D eigenvalue weighted by Gasteiger charge is 2.17. The summed E-state index contributed by atoms with van der Waals surface area (Å²) in [4.78, 5) is 14.9. The number of benzene rings is 1. The summed E-state index contributed by atoms with van der Waals surface area (Å²) in [7, 11) is 0. The molecule has 0 aliphatic carbocycles. The standard InChI is InChI=1S/C12H11BrFN3O2/c1-3-10-15-11(12(18)19)16-17(10)9-5-7(13)8(14)4-6(9)2/h4-5H,3H2,1-2H3,(H,18,19). The summed E-state index contributed by atoms with van der Waals surface area (Å²) in [5, 5.41) is 12.9. The number of hydrogen-bond acceptors (Lipinski definition) is 3. The quantitative estimate of drug-likeness (QED) is 0.941. The van der Waals surface area contributed by atoms with E-state index in [-0.39, 0.29) is 11.6 Å². The number of hydrogen-bond donors (Lipinski definition) is 1. The molecule has 7 heteroatoms. The largest absolute Gasteiger partial charge is 0.475 e. The van der Waals surface area contributed by atoms with Gasteiger partial charge in [-0.25, -0.2) is 18.9 Å². The Morgan fingerprint density at radius 2 is 2.21 bits per heavy atom. The van der Waals surface area contributed by atoms with Crippen LogP contribution in [0.25, 0.3) is 5.69 Å². The van der Waals surface area contributed by atoms with Crippen molar-refractivity contribution in [2.24, 2.45) is 0 Å². The van der Waals surface area contributed by atoms with E-state index in [0.29, 0.717) is 28.0 Å². The molecule has 2 aromatic rings. The normalized spacial score (nSPS) is 10.7. The van der Waals surface area contributed by atoms with E-state index in [4.69, 9.17) is 5.11 Å². The van der Waals surface area contributed by atoms with E-state index < -0.39 is 5.97 Å². The molecule has 1 aromatic carbocycles. The number of halogens is 2. The summed E-state index contributed by atoms with van der Waals surface area (Å²) in [6.07, 6.45) is 0.523. The Balaban J connectivity index is 2.64. The van der Waals surface area contributed by atoms with Crippen LogP contribution in [0.1, 0.15) is 28.9 Å². The van der Waals surface area contributed by atoms with Gasteiger partial charge in [0.05, 0.1) is 10.2 Å². The molecule has 0 spiro atoms. The van der Waals surface area contributed by atoms with Gasteiger partial charge in [-0.05, 0) is 40.5 Å². The lowest BCUT2D eigenvalue weighted by Gasteiger charge is -2.09. The van der Waals surface area contributed by atoms with Crippen LogP contribution in [0.15, 0.2) is 16.6 Å². The van der Waals surface area contributed by atoms with Crippen molar-refractivity contribution >= 4 is 21.9 Å². The number of aryl methyl sites for hydroxylation is 2. The lowest BCUT2D eigenvalue weighted by Crippen LogP contribution is -2.05. The minimum absolute atomic E-state index is 0.267. The second kappa shape index (κ2) is 5.08. The fourth-order valence-corrected chi connectivity index (χ4v) is 2.05. The van der Waals surface area contributed by atoms with E-state index in [2.05, 4.69) is 26.0 Å². The van der Waals surface area contributed by atoms with Crippen LogP contribution in [0.3, 0.4) is 0 Å². The number of nitrogens with zero attached hydrogens (tertiary/aromatic N) is 3. The summed E-state index contributed by atoms with van der Waals surface area (Å²) < 4.78 is 15.1. The van der Waals surface area contributed by atoms with Gasteiger partial charge in [-0.15, -0.1) is 5.10 Å². The minimum atomic E-state index is -1.19. The van der Waals surface area contributed by atoms with Gasteiger partial charge in [0, 0.05) is 6.42 Å². The average molecular weight is 328 g/mol. The van der Waals surface area contributed by atoms with Crippen LogP contribution in [-0.2, 0) is 6.42 Å². The first-order valence-corrected chi connectivity index (χ1v) is 6.38. The third-order valence-electron chi connectivity index (χ3n) is 2.65. The molecule has 0 aliphatic rings. The van der Waals surface area contributed by atoms with Gasteiger partial charge in [0.2, 0.25) is 0 Å². The molecular formula is C12H11BrFN3O2. The molecule has 5 nitrogen and oxygen atoms in total. The van der Waals surface area contributed by atoms with Crippen LogP contribution in [0, 0.1) is 12.7 Å². The third kappa shape index (κ3) is 2.51. The highest BCUT2D eigenvalue weighted by molar-refractivity contribution is 9.10. The monoisotopic (exact) mass is 327 g/mol. The predicted octanol–water partition coefficient (Wildman–Crippen LogP) is 2.74. The Bertz CT molecular complexity index is 655. The van der Waals surface area contributed by atoms with Crippen LogP contribution in [-0.4, -0.2) is 25.8 Å². The lowest BCUT2D eigenvalue weighted by molar-refractivity contribution is 0.0683. The van der Waals surface area contributed by atoms with Gasteiger partial charge < -0.3 is 5.11 Å². The molecule has 0 radical (unpaired) electrons. The van der Waals surface area contributed by atoms with Gasteiger partial charge in [0.25, 0.3) is 5.82 Å². The third-order valence-corrected chi connectivity index (χ3v) is 3.26. The molecule has 1 N–H and O–H groups in total. The molecule has 2 rings (SSSR count). The van der Waals surface area contributed by atoms with E-state index in [9.17, 15) is 9.18 Å². The maximum absolute atomic E-state index is 13.4. The average Bonchev–Trinajstić information content (AvgIpc) is 2.77. The maximum Gasteiger partial charge on any atom is 0.375 e. The molecule has 0 unspecified atom stereocenters. The zero-order chi connectivity index (χ0) is 14.2. The van der Waals surface area contributed by atoms with Crippen molar-refractivity contribution < 1.29 is 14.3 Å². The van der Waals surface area contributed by atoms with Crippen molar-refractivity contribution in [2.75, 3.05) is 0 Å². The van der Waals surface area contributed by atoms with E-state index in [1.165, 1.54) is 10.7 Å². The number of carboxylic acids is 1. The first-order chi connectivity index (χ1) is 8.93. The first-order valence-electron chi connectivity index (χ1n) is 5.59. The molecule has 0 amide bonds. The SMILES string of the molecule is CCc1nc(C(=O)O)nn1-c1cc(Br)c(F)cc1C. The van der Waals surface area contributed by atoms with Crippen molar-refractivity contribution in [3.8, 4) is 5.69 Å². The molecule has 0 atom stereocenters. The molecule has 0 saturated heterocycles. The molecule has 19 heavy (non-hydrogen) atoms. The Morgan fingerprint density at radius 3 is 2.79 bits per heavy atom. The summed E-state index contributed by atoms with van der Waals surface area (Å²) >= 11 is 3.11. The predicted molar refractivity (Wildman–Crippen MR) is 70.1 cm³/mol. The van der Waals surface area contributed by atoms with Crippen molar-refractivity contribution in [2.45, 2.75) is 20.3 Å². The Labute approximate surface area is 117 Å². The van der Waals surface area contributed by atoms with Gasteiger partial charge in [0.1, 0.15) is 11.6 Å². The van der Waals surface area contributed by atoms with E-state index >= 15 is 0 Å². The Hall–Kier alpha value is -1.76. The highest BCUT2D eigenvalue weighted by atomic mass is 79.9. The first kappa shape index (κ1) is 13.7. The molecular weight excluding hydrogens is 317 g/mol. The lowest BCUT2D eigenvalue weighted by atomic mass is 10.2. The van der Waals surface area contributed by atoms with Crippen LogP contribution >= 0.6 is 15.9 Å². The van der Waals surface area contributed by atoms with Crippen LogP contribution in [0.2, 0.25) is 0 Å². The smallest absolute Gasteiger partial charge is 0.375 e. The second-order valence-corrected chi connectivity index (χ2v) is 4.83.